The highest BCUT2D eigenvalue weighted by molar-refractivity contribution is 7.93. The number of carbonyl (C=O) groups excluding carboxylic acids is 2. The van der Waals surface area contributed by atoms with Crippen molar-refractivity contribution in [2.45, 2.75) is 57.0 Å². The van der Waals surface area contributed by atoms with Gasteiger partial charge in [-0.1, -0.05) is 50.2 Å². The molecule has 0 aromatic heterocycles. The van der Waals surface area contributed by atoms with Crippen LogP contribution >= 0.6 is 0 Å². The maximum atomic E-state index is 13.4. The van der Waals surface area contributed by atoms with Crippen molar-refractivity contribution in [3.8, 4) is 0 Å². The molecule has 3 aromatic rings. The molecule has 3 aromatic carbocycles. The lowest BCUT2D eigenvalue weighted by Crippen LogP contribution is -2.49. The number of hydrogen-bond acceptors (Lipinski definition) is 4. The van der Waals surface area contributed by atoms with Gasteiger partial charge in [0.05, 0.1) is 10.6 Å². The predicted molar refractivity (Wildman–Crippen MR) is 142 cm³/mol. The molecule has 1 N–H and O–H groups in total. The number of rotatable bonds is 11. The van der Waals surface area contributed by atoms with Crippen LogP contribution in [0.2, 0.25) is 0 Å². The van der Waals surface area contributed by atoms with Crippen LogP contribution in [0.4, 0.5) is 10.1 Å². The Morgan fingerprint density at radius 3 is 2.41 bits per heavy atom. The fourth-order valence-electron chi connectivity index (χ4n) is 4.79. The molecule has 0 radical (unpaired) electrons. The quantitative estimate of drug-likeness (QED) is 0.396. The third-order valence-corrected chi connectivity index (χ3v) is 8.49. The number of amides is 2. The van der Waals surface area contributed by atoms with Gasteiger partial charge in [0, 0.05) is 31.4 Å². The van der Waals surface area contributed by atoms with Crippen molar-refractivity contribution in [2.75, 3.05) is 17.4 Å². The Kier molecular flexibility index (Phi) is 8.12. The summed E-state index contributed by atoms with van der Waals surface area (Å²) in [6, 6.07) is 15.9. The first-order valence-corrected chi connectivity index (χ1v) is 14.1. The van der Waals surface area contributed by atoms with E-state index in [4.69, 9.17) is 0 Å². The standard InChI is InChI=1S/C28H32FN3O4S/c1-3-17-30-28(34)23(4-2)31(19-20-13-15-22(29)16-14-20)26(33)12-7-18-32-24-10-5-8-21-9-6-11-25(27(21)24)37(32,35)36/h5-6,8-11,13-16,23H,3-4,7,12,17-19H2,1-2H3,(H,30,34)/t23-/m1/s1. The summed E-state index contributed by atoms with van der Waals surface area (Å²) >= 11 is 0. The lowest BCUT2D eigenvalue weighted by atomic mass is 10.1. The average Bonchev–Trinajstić information content (AvgIpc) is 3.11. The number of carbonyl (C=O) groups is 2. The summed E-state index contributed by atoms with van der Waals surface area (Å²) in [7, 11) is -3.71. The van der Waals surface area contributed by atoms with Crippen molar-refractivity contribution < 1.29 is 22.4 Å². The fraction of sp³-hybridized carbons (Fsp3) is 0.357. The summed E-state index contributed by atoms with van der Waals surface area (Å²) < 4.78 is 41.3. The maximum Gasteiger partial charge on any atom is 0.265 e. The van der Waals surface area contributed by atoms with Gasteiger partial charge < -0.3 is 10.2 Å². The normalized spacial score (nSPS) is 14.5. The Labute approximate surface area is 217 Å². The van der Waals surface area contributed by atoms with Gasteiger partial charge in [0.2, 0.25) is 11.8 Å². The van der Waals surface area contributed by atoms with Crippen LogP contribution in [0.3, 0.4) is 0 Å². The largest absolute Gasteiger partial charge is 0.354 e. The van der Waals surface area contributed by atoms with E-state index in [2.05, 4.69) is 5.32 Å². The molecule has 0 aliphatic carbocycles. The van der Waals surface area contributed by atoms with Crippen LogP contribution in [0.15, 0.2) is 65.6 Å². The highest BCUT2D eigenvalue weighted by Gasteiger charge is 2.35. The van der Waals surface area contributed by atoms with Crippen LogP contribution in [-0.4, -0.2) is 44.3 Å². The highest BCUT2D eigenvalue weighted by atomic mass is 32.2. The summed E-state index contributed by atoms with van der Waals surface area (Å²) in [6.07, 6.45) is 1.54. The third-order valence-electron chi connectivity index (χ3n) is 6.63. The van der Waals surface area contributed by atoms with Crippen LogP contribution in [0, 0.1) is 5.82 Å². The van der Waals surface area contributed by atoms with Gasteiger partial charge >= 0.3 is 0 Å². The molecule has 0 fully saturated rings. The molecular formula is C28H32FN3O4S. The van der Waals surface area contributed by atoms with E-state index in [1.807, 2.05) is 32.0 Å². The number of nitrogens with zero attached hydrogens (tertiary/aromatic N) is 2. The van der Waals surface area contributed by atoms with Crippen LogP contribution in [0.25, 0.3) is 10.8 Å². The number of benzene rings is 3. The predicted octanol–water partition coefficient (Wildman–Crippen LogP) is 4.60. The van der Waals surface area contributed by atoms with Gasteiger partial charge in [-0.25, -0.2) is 12.8 Å². The third kappa shape index (κ3) is 5.46. The van der Waals surface area contributed by atoms with Gasteiger partial charge in [-0.2, -0.15) is 0 Å². The zero-order valence-electron chi connectivity index (χ0n) is 21.1. The van der Waals surface area contributed by atoms with Crippen LogP contribution in [0.1, 0.15) is 45.1 Å². The highest BCUT2D eigenvalue weighted by Crippen LogP contribution is 2.42. The molecule has 196 valence electrons. The Hall–Kier alpha value is -3.46. The second-order valence-corrected chi connectivity index (χ2v) is 11.0. The van der Waals surface area contributed by atoms with Crippen molar-refractivity contribution in [3.05, 3.63) is 72.0 Å². The van der Waals surface area contributed by atoms with E-state index in [0.717, 1.165) is 11.8 Å². The molecule has 2 amide bonds. The topological polar surface area (TPSA) is 86.8 Å². The minimum Gasteiger partial charge on any atom is -0.354 e. The molecule has 1 atom stereocenters. The Balaban J connectivity index is 1.51. The zero-order valence-corrected chi connectivity index (χ0v) is 21.9. The van der Waals surface area contributed by atoms with Crippen molar-refractivity contribution in [2.24, 2.45) is 0 Å². The lowest BCUT2D eigenvalue weighted by molar-refractivity contribution is -0.141. The molecule has 37 heavy (non-hydrogen) atoms. The van der Waals surface area contributed by atoms with Crippen LogP contribution in [-0.2, 0) is 26.2 Å². The van der Waals surface area contributed by atoms with E-state index in [1.165, 1.54) is 21.3 Å². The van der Waals surface area contributed by atoms with E-state index < -0.39 is 16.1 Å². The minimum atomic E-state index is -3.71. The molecule has 0 unspecified atom stereocenters. The average molecular weight is 526 g/mol. The maximum absolute atomic E-state index is 13.4. The molecule has 1 aliphatic heterocycles. The minimum absolute atomic E-state index is 0.0666. The van der Waals surface area contributed by atoms with E-state index in [1.54, 1.807) is 30.3 Å². The molecular weight excluding hydrogens is 493 g/mol. The molecule has 9 heteroatoms. The first kappa shape index (κ1) is 26.6. The van der Waals surface area contributed by atoms with Crippen molar-refractivity contribution >= 4 is 38.3 Å². The monoisotopic (exact) mass is 525 g/mol. The van der Waals surface area contributed by atoms with Gasteiger partial charge in [-0.3, -0.25) is 13.9 Å². The van der Waals surface area contributed by atoms with Gasteiger partial charge in [0.15, 0.2) is 0 Å². The second kappa shape index (κ2) is 11.3. The Morgan fingerprint density at radius 2 is 1.73 bits per heavy atom. The summed E-state index contributed by atoms with van der Waals surface area (Å²) in [6.45, 7) is 4.60. The molecule has 1 heterocycles. The Morgan fingerprint density at radius 1 is 1.03 bits per heavy atom. The van der Waals surface area contributed by atoms with Crippen molar-refractivity contribution in [1.29, 1.82) is 0 Å². The summed E-state index contributed by atoms with van der Waals surface area (Å²) in [4.78, 5) is 28.1. The summed E-state index contributed by atoms with van der Waals surface area (Å²) in [5.41, 5.74) is 1.33. The summed E-state index contributed by atoms with van der Waals surface area (Å²) in [5.74, 6) is -0.864. The first-order valence-electron chi connectivity index (χ1n) is 12.6. The zero-order chi connectivity index (χ0) is 26.6. The molecule has 0 spiro atoms. The molecule has 4 rings (SSSR count). The molecule has 1 aliphatic rings. The Bertz CT molecular complexity index is 1390. The molecule has 0 saturated heterocycles. The van der Waals surface area contributed by atoms with Crippen molar-refractivity contribution in [1.82, 2.24) is 10.2 Å². The summed E-state index contributed by atoms with van der Waals surface area (Å²) in [5, 5.41) is 4.42. The lowest BCUT2D eigenvalue weighted by Gasteiger charge is -2.31. The number of nitrogens with one attached hydrogen (secondary N) is 1. The molecule has 0 bridgehead atoms. The van der Waals surface area contributed by atoms with E-state index >= 15 is 0 Å². The van der Waals surface area contributed by atoms with Crippen molar-refractivity contribution in [3.63, 3.8) is 0 Å². The number of hydrogen-bond donors (Lipinski definition) is 1. The van der Waals surface area contributed by atoms with Gasteiger partial charge in [-0.05, 0) is 54.5 Å². The van der Waals surface area contributed by atoms with Crippen LogP contribution in [0.5, 0.6) is 0 Å². The first-order chi connectivity index (χ1) is 17.8. The van der Waals surface area contributed by atoms with Crippen LogP contribution < -0.4 is 9.62 Å². The second-order valence-electron chi connectivity index (χ2n) is 9.18. The fourth-order valence-corrected chi connectivity index (χ4v) is 6.54. The SMILES string of the molecule is CCCNC(=O)[C@@H](CC)N(Cc1ccc(F)cc1)C(=O)CCCN1c2cccc3cccc(c23)S1(=O)=O. The van der Waals surface area contributed by atoms with Gasteiger partial charge in [0.25, 0.3) is 10.0 Å². The van der Waals surface area contributed by atoms with E-state index in [-0.39, 0.29) is 48.5 Å². The number of sulfonamides is 1. The molecule has 7 nitrogen and oxygen atoms in total. The van der Waals surface area contributed by atoms with Gasteiger partial charge in [0.1, 0.15) is 11.9 Å². The van der Waals surface area contributed by atoms with Gasteiger partial charge in [-0.15, -0.1) is 0 Å². The number of halogens is 1. The smallest absolute Gasteiger partial charge is 0.265 e. The van der Waals surface area contributed by atoms with E-state index in [0.29, 0.717) is 29.6 Å². The number of anilines is 1. The van der Waals surface area contributed by atoms with E-state index in [9.17, 15) is 22.4 Å². The molecule has 0 saturated carbocycles.